The molecule has 2 aromatic carbocycles. The first kappa shape index (κ1) is 20.8. The van der Waals surface area contributed by atoms with Crippen LogP contribution in [-0.4, -0.2) is 40.4 Å². The zero-order chi connectivity index (χ0) is 20.9. The molecule has 1 aliphatic rings. The Morgan fingerprint density at radius 1 is 0.833 bits per heavy atom. The van der Waals surface area contributed by atoms with E-state index < -0.39 is 0 Å². The summed E-state index contributed by atoms with van der Waals surface area (Å²) < 4.78 is 0. The van der Waals surface area contributed by atoms with Crippen LogP contribution in [0.25, 0.3) is 22.5 Å². The first-order chi connectivity index (χ1) is 14.6. The van der Waals surface area contributed by atoms with Crippen LogP contribution in [0.3, 0.4) is 0 Å². The van der Waals surface area contributed by atoms with Gasteiger partial charge in [-0.25, -0.2) is 9.97 Å². The zero-order valence-electron chi connectivity index (χ0n) is 16.4. The van der Waals surface area contributed by atoms with E-state index in [1.54, 1.807) is 0 Å². The third-order valence-electron chi connectivity index (χ3n) is 5.07. The van der Waals surface area contributed by atoms with E-state index in [1.165, 1.54) is 6.42 Å². The number of carbonyl (C=O) groups excluding carboxylic acids is 1. The Balaban J connectivity index is 1.63. The van der Waals surface area contributed by atoms with Gasteiger partial charge in [-0.2, -0.15) is 0 Å². The van der Waals surface area contributed by atoms with Gasteiger partial charge in [0.05, 0.1) is 17.9 Å². The van der Waals surface area contributed by atoms with Gasteiger partial charge in [0.25, 0.3) is 0 Å². The number of anilines is 1. The molecule has 4 rings (SSSR count). The minimum absolute atomic E-state index is 0.104. The van der Waals surface area contributed by atoms with Crippen LogP contribution in [0.2, 0.25) is 10.0 Å². The molecule has 0 spiro atoms. The fraction of sp³-hybridized carbons (Fsp3) is 0.261. The molecule has 0 aliphatic carbocycles. The van der Waals surface area contributed by atoms with Gasteiger partial charge < -0.3 is 0 Å². The first-order valence-corrected chi connectivity index (χ1v) is 10.8. The lowest BCUT2D eigenvalue weighted by Gasteiger charge is -2.25. The number of halogens is 2. The van der Waals surface area contributed by atoms with Gasteiger partial charge in [-0.1, -0.05) is 53.9 Å². The minimum Gasteiger partial charge on any atom is -0.295 e. The van der Waals surface area contributed by atoms with Crippen molar-refractivity contribution in [3.8, 4) is 22.5 Å². The van der Waals surface area contributed by atoms with Crippen molar-refractivity contribution in [1.29, 1.82) is 0 Å². The van der Waals surface area contributed by atoms with Crippen LogP contribution in [0, 0.1) is 0 Å². The molecular formula is C23H22Cl2N4O. The second kappa shape index (κ2) is 9.56. The fourth-order valence-electron chi connectivity index (χ4n) is 3.53. The molecular weight excluding hydrogens is 419 g/mol. The van der Waals surface area contributed by atoms with E-state index in [9.17, 15) is 4.79 Å². The number of nitrogens with zero attached hydrogens (tertiary/aromatic N) is 3. The van der Waals surface area contributed by atoms with Gasteiger partial charge in [-0.05, 0) is 56.3 Å². The number of benzene rings is 2. The van der Waals surface area contributed by atoms with Crippen LogP contribution >= 0.6 is 23.2 Å². The monoisotopic (exact) mass is 440 g/mol. The van der Waals surface area contributed by atoms with Crippen molar-refractivity contribution in [2.45, 2.75) is 19.3 Å². The average Bonchev–Trinajstić information content (AvgIpc) is 2.75. The van der Waals surface area contributed by atoms with Crippen molar-refractivity contribution in [1.82, 2.24) is 14.9 Å². The van der Waals surface area contributed by atoms with E-state index in [0.29, 0.717) is 28.0 Å². The Bertz CT molecular complexity index is 953. The number of amides is 1. The van der Waals surface area contributed by atoms with Crippen molar-refractivity contribution in [3.63, 3.8) is 0 Å². The van der Waals surface area contributed by atoms with Gasteiger partial charge in [0.2, 0.25) is 11.9 Å². The van der Waals surface area contributed by atoms with Crippen molar-refractivity contribution >= 4 is 35.1 Å². The summed E-state index contributed by atoms with van der Waals surface area (Å²) >= 11 is 12.1. The Kier molecular flexibility index (Phi) is 6.62. The van der Waals surface area contributed by atoms with E-state index in [1.807, 2.05) is 54.6 Å². The molecule has 0 saturated carbocycles. The molecule has 0 unspecified atom stereocenters. The summed E-state index contributed by atoms with van der Waals surface area (Å²) in [6.07, 6.45) is 3.50. The number of carbonyl (C=O) groups is 1. The van der Waals surface area contributed by atoms with Crippen LogP contribution in [0.15, 0.2) is 54.6 Å². The number of aromatic nitrogens is 2. The lowest BCUT2D eigenvalue weighted by atomic mass is 10.1. The Morgan fingerprint density at radius 3 is 1.83 bits per heavy atom. The van der Waals surface area contributed by atoms with Gasteiger partial charge in [0.1, 0.15) is 0 Å². The predicted octanol–water partition coefficient (Wildman–Crippen LogP) is 5.54. The van der Waals surface area contributed by atoms with Crippen LogP contribution < -0.4 is 5.32 Å². The highest BCUT2D eigenvalue weighted by molar-refractivity contribution is 6.30. The van der Waals surface area contributed by atoms with E-state index >= 15 is 0 Å². The minimum atomic E-state index is -0.104. The number of hydrogen-bond donors (Lipinski definition) is 1. The van der Waals surface area contributed by atoms with Crippen molar-refractivity contribution in [2.24, 2.45) is 0 Å². The molecule has 0 bridgehead atoms. The van der Waals surface area contributed by atoms with Gasteiger partial charge in [-0.3, -0.25) is 15.0 Å². The molecule has 3 aromatic rings. The summed E-state index contributed by atoms with van der Waals surface area (Å²) in [7, 11) is 0. The number of hydrogen-bond acceptors (Lipinski definition) is 4. The number of rotatable bonds is 5. The molecule has 30 heavy (non-hydrogen) atoms. The van der Waals surface area contributed by atoms with Crippen molar-refractivity contribution in [2.75, 3.05) is 25.0 Å². The lowest BCUT2D eigenvalue weighted by molar-refractivity contribution is -0.117. The van der Waals surface area contributed by atoms with Gasteiger partial charge in [0, 0.05) is 21.2 Å². The smallest absolute Gasteiger partial charge is 0.240 e. The standard InChI is InChI=1S/C23H22Cl2N4O/c24-18-8-4-16(5-9-18)20-14-21(17-6-10-19(25)11-7-17)27-23(26-20)28-22(30)15-29-12-2-1-3-13-29/h4-11,14H,1-3,12-13,15H2,(H,26,27,28,30). The molecule has 1 fully saturated rings. The van der Waals surface area contributed by atoms with E-state index in [-0.39, 0.29) is 11.9 Å². The SMILES string of the molecule is O=C(CN1CCCCC1)Nc1nc(-c2ccc(Cl)cc2)cc(-c2ccc(Cl)cc2)n1. The summed E-state index contributed by atoms with van der Waals surface area (Å²) in [4.78, 5) is 23.9. The highest BCUT2D eigenvalue weighted by Gasteiger charge is 2.16. The maximum absolute atomic E-state index is 12.6. The third kappa shape index (κ3) is 5.36. The van der Waals surface area contributed by atoms with Gasteiger partial charge in [0.15, 0.2) is 0 Å². The number of likely N-dealkylation sites (tertiary alicyclic amines) is 1. The third-order valence-corrected chi connectivity index (χ3v) is 5.58. The summed E-state index contributed by atoms with van der Waals surface area (Å²) in [5, 5.41) is 4.18. The maximum Gasteiger partial charge on any atom is 0.240 e. The quantitative estimate of drug-likeness (QED) is 0.565. The summed E-state index contributed by atoms with van der Waals surface area (Å²) in [6.45, 7) is 2.26. The van der Waals surface area contributed by atoms with Crippen LogP contribution in [0.4, 0.5) is 5.95 Å². The molecule has 1 saturated heterocycles. The predicted molar refractivity (Wildman–Crippen MR) is 122 cm³/mol. The van der Waals surface area contributed by atoms with Gasteiger partial charge >= 0.3 is 0 Å². The van der Waals surface area contributed by atoms with Crippen LogP contribution in [-0.2, 0) is 4.79 Å². The second-order valence-corrected chi connectivity index (χ2v) is 8.23. The first-order valence-electron chi connectivity index (χ1n) is 10.00. The topological polar surface area (TPSA) is 58.1 Å². The van der Waals surface area contributed by atoms with Crippen LogP contribution in [0.1, 0.15) is 19.3 Å². The number of nitrogens with one attached hydrogen (secondary N) is 1. The van der Waals surface area contributed by atoms with Gasteiger partial charge in [-0.15, -0.1) is 0 Å². The largest absolute Gasteiger partial charge is 0.295 e. The summed E-state index contributed by atoms with van der Waals surface area (Å²) in [5.41, 5.74) is 3.20. The number of piperidine rings is 1. The zero-order valence-corrected chi connectivity index (χ0v) is 18.0. The molecule has 0 atom stereocenters. The highest BCUT2D eigenvalue weighted by Crippen LogP contribution is 2.27. The normalized spacial score (nSPS) is 14.5. The lowest BCUT2D eigenvalue weighted by Crippen LogP contribution is -2.37. The maximum atomic E-state index is 12.6. The molecule has 154 valence electrons. The molecule has 5 nitrogen and oxygen atoms in total. The van der Waals surface area contributed by atoms with Crippen molar-refractivity contribution < 1.29 is 4.79 Å². The second-order valence-electron chi connectivity index (χ2n) is 7.36. The average molecular weight is 441 g/mol. The molecule has 0 radical (unpaired) electrons. The Morgan fingerprint density at radius 2 is 1.33 bits per heavy atom. The van der Waals surface area contributed by atoms with Crippen molar-refractivity contribution in [3.05, 3.63) is 64.6 Å². The van der Waals surface area contributed by atoms with E-state index in [0.717, 1.165) is 37.1 Å². The molecule has 1 aromatic heterocycles. The fourth-order valence-corrected chi connectivity index (χ4v) is 3.78. The molecule has 1 N–H and O–H groups in total. The highest BCUT2D eigenvalue weighted by atomic mass is 35.5. The molecule has 7 heteroatoms. The molecule has 1 aliphatic heterocycles. The molecule has 1 amide bonds. The van der Waals surface area contributed by atoms with Crippen LogP contribution in [0.5, 0.6) is 0 Å². The Hall–Kier alpha value is -2.47. The van der Waals surface area contributed by atoms with E-state index in [4.69, 9.17) is 23.2 Å². The molecule has 2 heterocycles. The van der Waals surface area contributed by atoms with E-state index in [2.05, 4.69) is 20.2 Å². The summed E-state index contributed by atoms with van der Waals surface area (Å²) in [6, 6.07) is 16.7. The summed E-state index contributed by atoms with van der Waals surface area (Å²) in [5.74, 6) is 0.182. The Labute approximate surface area is 186 Å².